The highest BCUT2D eigenvalue weighted by Gasteiger charge is 2.05. The largest absolute Gasteiger partial charge is 0.238 e. The molecule has 1 heterocycles. The highest BCUT2D eigenvalue weighted by atomic mass is 79.9. The molecule has 0 saturated carbocycles. The normalized spacial score (nSPS) is 9.71. The van der Waals surface area contributed by atoms with E-state index in [2.05, 4.69) is 21.0 Å². The van der Waals surface area contributed by atoms with Crippen LogP contribution in [0.4, 0.5) is 0 Å². The molecule has 0 aliphatic carbocycles. The number of nitrogens with zero attached hydrogens (tertiary/aromatic N) is 3. The predicted octanol–water partition coefficient (Wildman–Crippen LogP) is 2.51. The zero-order valence-corrected chi connectivity index (χ0v) is 8.77. The van der Waals surface area contributed by atoms with E-state index in [-0.39, 0.29) is 0 Å². The minimum absolute atomic E-state index is 0.397. The van der Waals surface area contributed by atoms with Crippen molar-refractivity contribution in [3.63, 3.8) is 0 Å². The maximum atomic E-state index is 8.72. The number of para-hydroxylation sites is 1. The van der Waals surface area contributed by atoms with Crippen LogP contribution in [0.3, 0.4) is 0 Å². The van der Waals surface area contributed by atoms with E-state index in [1.54, 1.807) is 10.9 Å². The van der Waals surface area contributed by atoms with Gasteiger partial charge in [0.2, 0.25) is 0 Å². The number of aromatic nitrogens is 2. The fourth-order valence-electron chi connectivity index (χ4n) is 1.14. The molecule has 0 unspecified atom stereocenters. The third kappa shape index (κ3) is 1.54. The van der Waals surface area contributed by atoms with E-state index in [1.165, 1.54) is 0 Å². The van der Waals surface area contributed by atoms with Gasteiger partial charge in [-0.3, -0.25) is 0 Å². The lowest BCUT2D eigenvalue weighted by Gasteiger charge is -1.97. The van der Waals surface area contributed by atoms with Crippen LogP contribution in [0.25, 0.3) is 5.69 Å². The first-order valence-electron chi connectivity index (χ1n) is 4.02. The number of rotatable bonds is 1. The predicted molar refractivity (Wildman–Crippen MR) is 56.0 cm³/mol. The molecular weight excluding hydrogens is 242 g/mol. The Morgan fingerprint density at radius 2 is 2.00 bits per heavy atom. The molecule has 0 atom stereocenters. The lowest BCUT2D eigenvalue weighted by Crippen LogP contribution is -1.93. The van der Waals surface area contributed by atoms with Gasteiger partial charge in [-0.25, -0.2) is 4.68 Å². The van der Waals surface area contributed by atoms with E-state index < -0.39 is 0 Å². The second kappa shape index (κ2) is 3.64. The van der Waals surface area contributed by atoms with Crippen LogP contribution < -0.4 is 0 Å². The van der Waals surface area contributed by atoms with Gasteiger partial charge >= 0.3 is 0 Å². The van der Waals surface area contributed by atoms with Gasteiger partial charge in [0, 0.05) is 6.20 Å². The molecule has 68 valence electrons. The van der Waals surface area contributed by atoms with Crippen LogP contribution >= 0.6 is 15.9 Å². The first kappa shape index (κ1) is 8.97. The molecule has 0 aliphatic rings. The Kier molecular flexibility index (Phi) is 2.33. The Balaban J connectivity index is 2.50. The first-order chi connectivity index (χ1) is 6.81. The van der Waals surface area contributed by atoms with Crippen molar-refractivity contribution in [3.05, 3.63) is 46.7 Å². The van der Waals surface area contributed by atoms with Crippen LogP contribution in [0.5, 0.6) is 0 Å². The summed E-state index contributed by atoms with van der Waals surface area (Å²) in [4.78, 5) is 0. The Morgan fingerprint density at radius 1 is 1.29 bits per heavy atom. The number of hydrogen-bond donors (Lipinski definition) is 0. The van der Waals surface area contributed by atoms with Gasteiger partial charge in [-0.2, -0.15) is 10.4 Å². The van der Waals surface area contributed by atoms with Gasteiger partial charge < -0.3 is 0 Å². The molecule has 1 aromatic heterocycles. The minimum atomic E-state index is 0.397. The van der Waals surface area contributed by atoms with Crippen molar-refractivity contribution >= 4 is 15.9 Å². The van der Waals surface area contributed by atoms with Gasteiger partial charge in [0.05, 0.1) is 10.2 Å². The third-order valence-corrected chi connectivity index (χ3v) is 2.38. The lowest BCUT2D eigenvalue weighted by atomic mass is 10.3. The Morgan fingerprint density at radius 3 is 2.57 bits per heavy atom. The van der Waals surface area contributed by atoms with E-state index in [1.807, 2.05) is 36.4 Å². The fraction of sp³-hybridized carbons (Fsp3) is 0. The first-order valence-corrected chi connectivity index (χ1v) is 4.81. The summed E-state index contributed by atoms with van der Waals surface area (Å²) in [6.07, 6.45) is 1.77. The van der Waals surface area contributed by atoms with Gasteiger partial charge in [0.1, 0.15) is 6.07 Å². The number of nitriles is 1. The molecule has 0 bridgehead atoms. The quantitative estimate of drug-likeness (QED) is 0.777. The lowest BCUT2D eigenvalue weighted by molar-refractivity contribution is 0.873. The maximum Gasteiger partial charge on any atom is 0.177 e. The van der Waals surface area contributed by atoms with Crippen molar-refractivity contribution in [2.75, 3.05) is 0 Å². The van der Waals surface area contributed by atoms with Crippen molar-refractivity contribution in [3.8, 4) is 11.8 Å². The summed E-state index contributed by atoms with van der Waals surface area (Å²) < 4.78 is 2.38. The van der Waals surface area contributed by atoms with Crippen molar-refractivity contribution in [1.82, 2.24) is 9.78 Å². The van der Waals surface area contributed by atoms with Crippen molar-refractivity contribution in [2.45, 2.75) is 0 Å². The molecule has 14 heavy (non-hydrogen) atoms. The Bertz CT molecular complexity index is 482. The summed E-state index contributed by atoms with van der Waals surface area (Å²) in [5.74, 6) is 0. The molecule has 0 radical (unpaired) electrons. The van der Waals surface area contributed by atoms with Gasteiger partial charge in [0.15, 0.2) is 5.69 Å². The second-order valence-electron chi connectivity index (χ2n) is 2.72. The molecule has 2 aromatic rings. The fourth-order valence-corrected chi connectivity index (χ4v) is 1.50. The molecule has 0 amide bonds. The average molecular weight is 248 g/mol. The number of hydrogen-bond acceptors (Lipinski definition) is 2. The Labute approximate surface area is 89.7 Å². The molecule has 0 N–H and O–H groups in total. The van der Waals surface area contributed by atoms with E-state index >= 15 is 0 Å². The molecule has 0 saturated heterocycles. The third-order valence-electron chi connectivity index (χ3n) is 1.80. The summed E-state index contributed by atoms with van der Waals surface area (Å²) in [5.41, 5.74) is 1.34. The Hall–Kier alpha value is -1.60. The average Bonchev–Trinajstić information content (AvgIpc) is 2.61. The zero-order valence-electron chi connectivity index (χ0n) is 7.18. The molecule has 4 heteroatoms. The van der Waals surface area contributed by atoms with Crippen LogP contribution in [0.2, 0.25) is 0 Å². The van der Waals surface area contributed by atoms with E-state index in [4.69, 9.17) is 5.26 Å². The van der Waals surface area contributed by atoms with Crippen LogP contribution in [0, 0.1) is 11.3 Å². The monoisotopic (exact) mass is 247 g/mol. The zero-order chi connectivity index (χ0) is 9.97. The molecule has 0 aliphatic heterocycles. The van der Waals surface area contributed by atoms with Crippen LogP contribution in [-0.4, -0.2) is 9.78 Å². The second-order valence-corrected chi connectivity index (χ2v) is 3.57. The van der Waals surface area contributed by atoms with E-state index in [0.29, 0.717) is 10.2 Å². The standard InChI is InChI=1S/C10H6BrN3/c11-9-7-14(13-10(9)6-12)8-4-2-1-3-5-8/h1-5,7H. The van der Waals surface area contributed by atoms with Crippen LogP contribution in [-0.2, 0) is 0 Å². The number of benzene rings is 1. The summed E-state index contributed by atoms with van der Waals surface area (Å²) in [5, 5.41) is 12.8. The maximum absolute atomic E-state index is 8.72. The molecule has 3 nitrogen and oxygen atoms in total. The topological polar surface area (TPSA) is 41.6 Å². The van der Waals surface area contributed by atoms with E-state index in [9.17, 15) is 0 Å². The summed E-state index contributed by atoms with van der Waals surface area (Å²) in [6, 6.07) is 11.7. The molecule has 2 rings (SSSR count). The smallest absolute Gasteiger partial charge is 0.177 e. The minimum Gasteiger partial charge on any atom is -0.238 e. The molecule has 0 spiro atoms. The molecule has 0 fully saturated rings. The number of halogens is 1. The van der Waals surface area contributed by atoms with Gasteiger partial charge in [0.25, 0.3) is 0 Å². The van der Waals surface area contributed by atoms with Gasteiger partial charge in [-0.15, -0.1) is 0 Å². The highest BCUT2D eigenvalue weighted by Crippen LogP contribution is 2.16. The summed E-state index contributed by atoms with van der Waals surface area (Å²) in [6.45, 7) is 0. The SMILES string of the molecule is N#Cc1nn(-c2ccccc2)cc1Br. The van der Waals surface area contributed by atoms with E-state index in [0.717, 1.165) is 5.69 Å². The van der Waals surface area contributed by atoms with Crippen LogP contribution in [0.15, 0.2) is 41.0 Å². The van der Waals surface area contributed by atoms with Crippen molar-refractivity contribution in [1.29, 1.82) is 5.26 Å². The van der Waals surface area contributed by atoms with Gasteiger partial charge in [-0.1, -0.05) is 18.2 Å². The summed E-state index contributed by atoms with van der Waals surface area (Å²) in [7, 11) is 0. The molecule has 1 aromatic carbocycles. The van der Waals surface area contributed by atoms with Crippen LogP contribution in [0.1, 0.15) is 5.69 Å². The molecular formula is C10H6BrN3. The van der Waals surface area contributed by atoms with Crippen molar-refractivity contribution in [2.24, 2.45) is 0 Å². The summed E-state index contributed by atoms with van der Waals surface area (Å²) >= 11 is 3.27. The van der Waals surface area contributed by atoms with Gasteiger partial charge in [-0.05, 0) is 28.1 Å². The highest BCUT2D eigenvalue weighted by molar-refractivity contribution is 9.10. The van der Waals surface area contributed by atoms with Crippen molar-refractivity contribution < 1.29 is 0 Å².